The van der Waals surface area contributed by atoms with Gasteiger partial charge >= 0.3 is 0 Å². The van der Waals surface area contributed by atoms with E-state index in [1.165, 1.54) is 36.2 Å². The molecule has 6 atom stereocenters. The molecule has 4 heteroatoms. The number of hydrogen-bond acceptors (Lipinski definition) is 3. The molecule has 6 rings (SSSR count). The highest BCUT2D eigenvalue weighted by Gasteiger charge is 2.57. The molecule has 0 aromatic heterocycles. The lowest BCUT2D eigenvalue weighted by atomic mass is 9.48. The number of allylic oxidation sites excluding steroid dienone is 4. The van der Waals surface area contributed by atoms with Crippen molar-refractivity contribution in [1.82, 2.24) is 4.90 Å². The monoisotopic (exact) mass is 443 g/mol. The molecule has 0 saturated heterocycles. The van der Waals surface area contributed by atoms with E-state index in [4.69, 9.17) is 0 Å². The average molecular weight is 444 g/mol. The van der Waals surface area contributed by atoms with Gasteiger partial charge in [-0.05, 0) is 96.8 Å². The zero-order valence-corrected chi connectivity index (χ0v) is 19.7. The fourth-order valence-electron chi connectivity index (χ4n) is 8.31. The first-order valence-electron chi connectivity index (χ1n) is 12.7. The molecule has 1 aliphatic heterocycles. The Labute approximate surface area is 196 Å². The van der Waals surface area contributed by atoms with Crippen molar-refractivity contribution in [3.05, 3.63) is 59.2 Å². The molecule has 5 aliphatic rings. The van der Waals surface area contributed by atoms with E-state index < -0.39 is 0 Å². The van der Waals surface area contributed by atoms with Crippen LogP contribution >= 0.6 is 0 Å². The molecule has 6 unspecified atom stereocenters. The zero-order chi connectivity index (χ0) is 23.0. The number of amides is 2. The number of nitrogens with zero attached hydrogens (tertiary/aromatic N) is 1. The van der Waals surface area contributed by atoms with E-state index in [1.807, 2.05) is 18.2 Å². The van der Waals surface area contributed by atoms with E-state index in [1.54, 1.807) is 12.1 Å². The van der Waals surface area contributed by atoms with Crippen molar-refractivity contribution in [3.63, 3.8) is 0 Å². The Morgan fingerprint density at radius 1 is 0.939 bits per heavy atom. The zero-order valence-electron chi connectivity index (χ0n) is 19.7. The van der Waals surface area contributed by atoms with Gasteiger partial charge in [0.2, 0.25) is 0 Å². The summed E-state index contributed by atoms with van der Waals surface area (Å²) in [4.78, 5) is 39.2. The highest BCUT2D eigenvalue weighted by molar-refractivity contribution is 6.21. The SMILES string of the molecule is CC12CCC(=O)C=C1C=CC1C2CCC2(C)C(CCN3C(=O)c4ccccc4C3=O)CCC12. The number of rotatable bonds is 3. The molecule has 2 amide bonds. The number of benzene rings is 1. The molecule has 1 heterocycles. The summed E-state index contributed by atoms with van der Waals surface area (Å²) in [5, 5.41) is 0. The number of ketones is 1. The molecule has 0 radical (unpaired) electrons. The minimum Gasteiger partial charge on any atom is -0.295 e. The molecule has 0 spiro atoms. The largest absolute Gasteiger partial charge is 0.295 e. The Kier molecular flexibility index (Phi) is 4.63. The summed E-state index contributed by atoms with van der Waals surface area (Å²) < 4.78 is 0. The van der Waals surface area contributed by atoms with E-state index >= 15 is 0 Å². The quantitative estimate of drug-likeness (QED) is 0.572. The predicted molar refractivity (Wildman–Crippen MR) is 127 cm³/mol. The third-order valence-corrected chi connectivity index (χ3v) is 10.3. The topological polar surface area (TPSA) is 54.5 Å². The van der Waals surface area contributed by atoms with Crippen molar-refractivity contribution in [1.29, 1.82) is 0 Å². The molecule has 4 nitrogen and oxygen atoms in total. The van der Waals surface area contributed by atoms with Gasteiger partial charge in [0.1, 0.15) is 0 Å². The molecule has 2 saturated carbocycles. The summed E-state index contributed by atoms with van der Waals surface area (Å²) in [5.74, 6) is 2.40. The van der Waals surface area contributed by atoms with Gasteiger partial charge in [-0.2, -0.15) is 0 Å². The maximum Gasteiger partial charge on any atom is 0.261 e. The third kappa shape index (κ3) is 2.92. The minimum absolute atomic E-state index is 0.131. The van der Waals surface area contributed by atoms with Gasteiger partial charge in [0, 0.05) is 13.0 Å². The number of hydrogen-bond donors (Lipinski definition) is 0. The van der Waals surface area contributed by atoms with Crippen LogP contribution in [0.2, 0.25) is 0 Å². The van der Waals surface area contributed by atoms with Crippen LogP contribution in [-0.4, -0.2) is 29.0 Å². The number of imide groups is 1. The van der Waals surface area contributed by atoms with Crippen LogP contribution in [0.25, 0.3) is 0 Å². The highest BCUT2D eigenvalue weighted by Crippen LogP contribution is 2.65. The van der Waals surface area contributed by atoms with Gasteiger partial charge in [-0.25, -0.2) is 0 Å². The van der Waals surface area contributed by atoms with Crippen LogP contribution < -0.4 is 0 Å². The summed E-state index contributed by atoms with van der Waals surface area (Å²) in [6.45, 7) is 5.39. The van der Waals surface area contributed by atoms with Crippen molar-refractivity contribution in [2.24, 2.45) is 34.5 Å². The lowest BCUT2D eigenvalue weighted by Crippen LogP contribution is -2.49. The number of carbonyl (C=O) groups is 3. The molecule has 0 N–H and O–H groups in total. The summed E-state index contributed by atoms with van der Waals surface area (Å²) in [6, 6.07) is 7.19. The number of fused-ring (bicyclic) bond motifs is 6. The predicted octanol–water partition coefficient (Wildman–Crippen LogP) is 5.60. The summed E-state index contributed by atoms with van der Waals surface area (Å²) in [5.41, 5.74) is 2.74. The van der Waals surface area contributed by atoms with Crippen LogP contribution in [-0.2, 0) is 4.79 Å². The van der Waals surface area contributed by atoms with Gasteiger partial charge in [0.05, 0.1) is 11.1 Å². The fraction of sp³-hybridized carbons (Fsp3) is 0.552. The molecule has 1 aromatic carbocycles. The summed E-state index contributed by atoms with van der Waals surface area (Å²) >= 11 is 0. The Balaban J connectivity index is 1.20. The van der Waals surface area contributed by atoms with Crippen LogP contribution in [0.5, 0.6) is 0 Å². The van der Waals surface area contributed by atoms with Gasteiger partial charge in [-0.3, -0.25) is 19.3 Å². The summed E-state index contributed by atoms with van der Waals surface area (Å²) in [6.07, 6.45) is 14.0. The van der Waals surface area contributed by atoms with Crippen LogP contribution in [0.4, 0.5) is 0 Å². The number of carbonyl (C=O) groups excluding carboxylic acids is 3. The molecular formula is C29H33NO3. The third-order valence-electron chi connectivity index (χ3n) is 10.3. The van der Waals surface area contributed by atoms with Crippen LogP contribution in [0, 0.1) is 34.5 Å². The highest BCUT2D eigenvalue weighted by atomic mass is 16.2. The molecule has 0 bridgehead atoms. The van der Waals surface area contributed by atoms with Crippen molar-refractivity contribution >= 4 is 17.6 Å². The maximum atomic E-state index is 12.8. The lowest BCUT2D eigenvalue weighted by molar-refractivity contribution is -0.116. The molecular weight excluding hydrogens is 410 g/mol. The molecule has 172 valence electrons. The molecule has 2 fully saturated rings. The van der Waals surface area contributed by atoms with Gasteiger partial charge < -0.3 is 0 Å². The Morgan fingerprint density at radius 3 is 2.39 bits per heavy atom. The Hall–Kier alpha value is -2.49. The van der Waals surface area contributed by atoms with Gasteiger partial charge in [0.25, 0.3) is 11.8 Å². The van der Waals surface area contributed by atoms with Crippen molar-refractivity contribution in [2.75, 3.05) is 6.54 Å². The van der Waals surface area contributed by atoms with Crippen LogP contribution in [0.1, 0.15) is 79.5 Å². The normalized spacial score (nSPS) is 39.2. The van der Waals surface area contributed by atoms with E-state index in [9.17, 15) is 14.4 Å². The fourth-order valence-corrected chi connectivity index (χ4v) is 8.31. The summed E-state index contributed by atoms with van der Waals surface area (Å²) in [7, 11) is 0. The van der Waals surface area contributed by atoms with Gasteiger partial charge in [-0.15, -0.1) is 0 Å². The van der Waals surface area contributed by atoms with E-state index in [0.29, 0.717) is 47.8 Å². The minimum atomic E-state index is -0.131. The first-order valence-corrected chi connectivity index (χ1v) is 12.7. The van der Waals surface area contributed by atoms with Crippen LogP contribution in [0.15, 0.2) is 48.1 Å². The maximum absolute atomic E-state index is 12.8. The van der Waals surface area contributed by atoms with Crippen LogP contribution in [0.3, 0.4) is 0 Å². The van der Waals surface area contributed by atoms with E-state index in [0.717, 1.165) is 12.8 Å². The van der Waals surface area contributed by atoms with Crippen molar-refractivity contribution in [2.45, 2.75) is 58.8 Å². The van der Waals surface area contributed by atoms with Crippen molar-refractivity contribution in [3.8, 4) is 0 Å². The Bertz CT molecular complexity index is 1080. The van der Waals surface area contributed by atoms with Crippen molar-refractivity contribution < 1.29 is 14.4 Å². The van der Waals surface area contributed by atoms with Gasteiger partial charge in [0.15, 0.2) is 5.78 Å². The first-order chi connectivity index (χ1) is 15.8. The molecule has 33 heavy (non-hydrogen) atoms. The van der Waals surface area contributed by atoms with Gasteiger partial charge in [-0.1, -0.05) is 38.1 Å². The molecule has 4 aliphatic carbocycles. The Morgan fingerprint density at radius 2 is 1.67 bits per heavy atom. The second-order valence-corrected chi connectivity index (χ2v) is 11.5. The molecule has 1 aromatic rings. The second-order valence-electron chi connectivity index (χ2n) is 11.5. The second kappa shape index (κ2) is 7.25. The van der Waals surface area contributed by atoms with E-state index in [2.05, 4.69) is 26.0 Å². The average Bonchev–Trinajstić information content (AvgIpc) is 3.27. The standard InChI is InChI=1S/C29H33NO3/c1-28-15-12-25-23(9-7-19-17-20(31)11-14-29(19,25)2)24(28)10-8-18(28)13-16-30-26(32)21-5-3-4-6-22(21)27(30)33/h3-7,9,17-18,23-25H,8,10-16H2,1-2H3. The first kappa shape index (κ1) is 21.1. The smallest absolute Gasteiger partial charge is 0.261 e. The van der Waals surface area contributed by atoms with E-state index in [-0.39, 0.29) is 28.4 Å². The lowest BCUT2D eigenvalue weighted by Gasteiger charge is -2.56.